The number of halogens is 1. The monoisotopic (exact) mass is 246 g/mol. The normalized spacial score (nSPS) is 11.9. The van der Waals surface area contributed by atoms with Crippen LogP contribution in [-0.4, -0.2) is 67.8 Å². The van der Waals surface area contributed by atoms with Gasteiger partial charge in [0.1, 0.15) is 5.38 Å². The summed E-state index contributed by atoms with van der Waals surface area (Å²) in [5.41, 5.74) is 0. The molecule has 0 bridgehead atoms. The fourth-order valence-corrected chi connectivity index (χ4v) is 1.38. The Morgan fingerprint density at radius 2 is 1.71 bits per heavy atom. The molecule has 0 heterocycles. The van der Waals surface area contributed by atoms with Gasteiger partial charge in [-0.2, -0.15) is 0 Å². The summed E-state index contributed by atoms with van der Waals surface area (Å²) in [5.74, 6) is -0.893. The van der Waals surface area contributed by atoms with Crippen LogP contribution in [0.3, 0.4) is 0 Å². The standard InChI is InChI=1S/C10H19ClO2.K.H/c1-2-3-4-5-6-7-8-9(11)10(12)13;;/h9H,2-8H2,1H3,(H,12,13);;. The third-order valence-electron chi connectivity index (χ3n) is 2.08. The Balaban J connectivity index is 0. The molecule has 0 aliphatic heterocycles. The van der Waals surface area contributed by atoms with E-state index in [0.29, 0.717) is 6.42 Å². The van der Waals surface area contributed by atoms with Crippen LogP contribution >= 0.6 is 11.6 Å². The van der Waals surface area contributed by atoms with Crippen LogP contribution in [-0.2, 0) is 4.79 Å². The average molecular weight is 247 g/mol. The molecule has 80 valence electrons. The molecule has 0 saturated heterocycles. The number of carboxylic acids is 1. The van der Waals surface area contributed by atoms with Gasteiger partial charge in [0, 0.05) is 0 Å². The summed E-state index contributed by atoms with van der Waals surface area (Å²) < 4.78 is 0. The number of carbonyl (C=O) groups is 1. The number of aliphatic carboxylic acids is 1. The first kappa shape index (κ1) is 17.8. The Kier molecular flexibility index (Phi) is 15.8. The summed E-state index contributed by atoms with van der Waals surface area (Å²) in [6.45, 7) is 2.18. The predicted octanol–water partition coefficient (Wildman–Crippen LogP) is 2.78. The topological polar surface area (TPSA) is 37.3 Å². The fraction of sp³-hybridized carbons (Fsp3) is 0.900. The van der Waals surface area contributed by atoms with Crippen LogP contribution in [0.15, 0.2) is 0 Å². The Bertz CT molecular complexity index is 142. The molecule has 2 nitrogen and oxygen atoms in total. The van der Waals surface area contributed by atoms with Gasteiger partial charge in [0.05, 0.1) is 0 Å². The second kappa shape index (κ2) is 12.5. The van der Waals surface area contributed by atoms with E-state index in [2.05, 4.69) is 6.92 Å². The fourth-order valence-electron chi connectivity index (χ4n) is 1.23. The van der Waals surface area contributed by atoms with Crippen LogP contribution in [0, 0.1) is 0 Å². The molecule has 1 unspecified atom stereocenters. The van der Waals surface area contributed by atoms with E-state index >= 15 is 0 Å². The molecule has 4 heteroatoms. The number of hydrogen-bond acceptors (Lipinski definition) is 1. The minimum absolute atomic E-state index is 0. The van der Waals surface area contributed by atoms with Gasteiger partial charge in [-0.15, -0.1) is 11.6 Å². The van der Waals surface area contributed by atoms with E-state index < -0.39 is 11.3 Å². The zero-order valence-corrected chi connectivity index (χ0v) is 9.02. The van der Waals surface area contributed by atoms with Crippen molar-refractivity contribution in [3.63, 3.8) is 0 Å². The van der Waals surface area contributed by atoms with E-state index in [0.717, 1.165) is 12.8 Å². The quantitative estimate of drug-likeness (QED) is 0.406. The zero-order valence-electron chi connectivity index (χ0n) is 8.26. The van der Waals surface area contributed by atoms with E-state index in [4.69, 9.17) is 16.7 Å². The molecular weight excluding hydrogens is 227 g/mol. The van der Waals surface area contributed by atoms with Gasteiger partial charge in [0.15, 0.2) is 0 Å². The summed E-state index contributed by atoms with van der Waals surface area (Å²) in [6, 6.07) is 0. The maximum atomic E-state index is 10.3. The molecule has 0 amide bonds. The Morgan fingerprint density at radius 1 is 1.21 bits per heavy atom. The van der Waals surface area contributed by atoms with Crippen LogP contribution in [0.2, 0.25) is 0 Å². The van der Waals surface area contributed by atoms with Gasteiger partial charge in [0.25, 0.3) is 0 Å². The van der Waals surface area contributed by atoms with E-state index in [1.54, 1.807) is 0 Å². The zero-order chi connectivity index (χ0) is 10.1. The van der Waals surface area contributed by atoms with Gasteiger partial charge in [-0.3, -0.25) is 4.79 Å². The van der Waals surface area contributed by atoms with E-state index in [-0.39, 0.29) is 51.4 Å². The summed E-state index contributed by atoms with van der Waals surface area (Å²) in [6.07, 6.45) is 7.63. The number of hydrogen-bond donors (Lipinski definition) is 1. The number of alkyl halides is 1. The number of rotatable bonds is 8. The molecule has 1 N–H and O–H groups in total. The second-order valence-electron chi connectivity index (χ2n) is 3.36. The molecule has 0 aliphatic rings. The molecule has 0 aromatic rings. The first-order chi connectivity index (χ1) is 6.18. The van der Waals surface area contributed by atoms with Crippen molar-refractivity contribution in [2.45, 2.75) is 57.2 Å². The van der Waals surface area contributed by atoms with Crippen molar-refractivity contribution in [2.24, 2.45) is 0 Å². The third-order valence-corrected chi connectivity index (χ3v) is 2.48. The minimum atomic E-state index is -0.893. The average Bonchev–Trinajstić information content (AvgIpc) is 2.10. The molecule has 0 aromatic heterocycles. The summed E-state index contributed by atoms with van der Waals surface area (Å²) in [4.78, 5) is 10.3. The van der Waals surface area contributed by atoms with Crippen LogP contribution in [0.5, 0.6) is 0 Å². The van der Waals surface area contributed by atoms with Crippen molar-refractivity contribution in [3.05, 3.63) is 0 Å². The molecular formula is C10H20ClKO2. The van der Waals surface area contributed by atoms with Crippen molar-refractivity contribution >= 4 is 69.0 Å². The Morgan fingerprint density at radius 3 is 2.21 bits per heavy atom. The Hall–Kier alpha value is 1.40. The third kappa shape index (κ3) is 11.5. The van der Waals surface area contributed by atoms with Gasteiger partial charge in [-0.1, -0.05) is 45.4 Å². The number of unbranched alkanes of at least 4 members (excludes halogenated alkanes) is 5. The Labute approximate surface area is 134 Å². The first-order valence-electron chi connectivity index (χ1n) is 5.05. The molecule has 0 aromatic carbocycles. The number of carboxylic acid groups (broad SMARTS) is 1. The summed E-state index contributed by atoms with van der Waals surface area (Å²) in [5, 5.41) is 7.80. The van der Waals surface area contributed by atoms with E-state index in [9.17, 15) is 4.79 Å². The first-order valence-corrected chi connectivity index (χ1v) is 5.49. The van der Waals surface area contributed by atoms with E-state index in [1.807, 2.05) is 0 Å². The molecule has 0 radical (unpaired) electrons. The van der Waals surface area contributed by atoms with Crippen molar-refractivity contribution in [2.75, 3.05) is 0 Å². The molecule has 0 fully saturated rings. The van der Waals surface area contributed by atoms with Gasteiger partial charge in [-0.25, -0.2) is 0 Å². The van der Waals surface area contributed by atoms with Gasteiger partial charge in [-0.05, 0) is 6.42 Å². The van der Waals surface area contributed by atoms with Crippen molar-refractivity contribution < 1.29 is 9.90 Å². The summed E-state index contributed by atoms with van der Waals surface area (Å²) >= 11 is 5.56. The van der Waals surface area contributed by atoms with Crippen molar-refractivity contribution in [1.82, 2.24) is 0 Å². The van der Waals surface area contributed by atoms with Crippen LogP contribution < -0.4 is 0 Å². The van der Waals surface area contributed by atoms with Gasteiger partial charge < -0.3 is 5.11 Å². The van der Waals surface area contributed by atoms with Gasteiger partial charge >= 0.3 is 57.4 Å². The SMILES string of the molecule is CCCCCCCCC(Cl)C(=O)O.[KH]. The second-order valence-corrected chi connectivity index (χ2v) is 3.89. The van der Waals surface area contributed by atoms with Crippen molar-refractivity contribution in [3.8, 4) is 0 Å². The van der Waals surface area contributed by atoms with Crippen LogP contribution in [0.1, 0.15) is 51.9 Å². The van der Waals surface area contributed by atoms with E-state index in [1.165, 1.54) is 25.7 Å². The van der Waals surface area contributed by atoms with Crippen LogP contribution in [0.4, 0.5) is 0 Å². The van der Waals surface area contributed by atoms with Crippen molar-refractivity contribution in [1.29, 1.82) is 0 Å². The molecule has 0 saturated carbocycles. The maximum absolute atomic E-state index is 10.3. The molecule has 0 spiro atoms. The molecule has 0 aliphatic carbocycles. The van der Waals surface area contributed by atoms with Gasteiger partial charge in [0.2, 0.25) is 0 Å². The molecule has 1 atom stereocenters. The summed E-state index contributed by atoms with van der Waals surface area (Å²) in [7, 11) is 0. The molecule has 0 rings (SSSR count). The predicted molar refractivity (Wildman–Crippen MR) is 62.4 cm³/mol. The van der Waals surface area contributed by atoms with Crippen LogP contribution in [0.25, 0.3) is 0 Å². The molecule has 14 heavy (non-hydrogen) atoms.